The molecule has 4 heteroatoms. The highest BCUT2D eigenvalue weighted by Gasteiger charge is 2.00. The standard InChI is InChI=1S/C13H15N3O/c17-13(16-12-4-2-1-3-5-12)15-9-7-11-6-8-14-10-11/h1-6,8,10,14H,7,9H2,(H2,15,16,17). The molecule has 0 radical (unpaired) electrons. The Morgan fingerprint density at radius 3 is 2.71 bits per heavy atom. The van der Waals surface area contributed by atoms with Gasteiger partial charge in [0.1, 0.15) is 0 Å². The van der Waals surface area contributed by atoms with E-state index in [0.29, 0.717) is 6.54 Å². The Morgan fingerprint density at radius 2 is 2.00 bits per heavy atom. The lowest BCUT2D eigenvalue weighted by molar-refractivity contribution is 0.252. The molecule has 0 bridgehead atoms. The largest absolute Gasteiger partial charge is 0.367 e. The van der Waals surface area contributed by atoms with E-state index in [2.05, 4.69) is 15.6 Å². The highest BCUT2D eigenvalue weighted by Crippen LogP contribution is 2.04. The van der Waals surface area contributed by atoms with Crippen molar-refractivity contribution in [3.63, 3.8) is 0 Å². The van der Waals surface area contributed by atoms with Crippen molar-refractivity contribution in [1.82, 2.24) is 10.3 Å². The molecule has 17 heavy (non-hydrogen) atoms. The van der Waals surface area contributed by atoms with Crippen molar-refractivity contribution in [2.75, 3.05) is 11.9 Å². The first-order valence-corrected chi connectivity index (χ1v) is 5.56. The topological polar surface area (TPSA) is 56.9 Å². The number of urea groups is 1. The predicted molar refractivity (Wildman–Crippen MR) is 68.0 cm³/mol. The molecule has 2 aromatic rings. The molecule has 1 heterocycles. The summed E-state index contributed by atoms with van der Waals surface area (Å²) in [6.45, 7) is 0.622. The van der Waals surface area contributed by atoms with Crippen molar-refractivity contribution >= 4 is 11.7 Å². The summed E-state index contributed by atoms with van der Waals surface area (Å²) in [5.41, 5.74) is 1.98. The van der Waals surface area contributed by atoms with E-state index in [0.717, 1.165) is 12.1 Å². The van der Waals surface area contributed by atoms with Crippen LogP contribution in [0.2, 0.25) is 0 Å². The Morgan fingerprint density at radius 1 is 1.18 bits per heavy atom. The molecule has 0 saturated carbocycles. The third-order valence-corrected chi connectivity index (χ3v) is 2.39. The molecule has 2 rings (SSSR count). The van der Waals surface area contributed by atoms with E-state index in [1.165, 1.54) is 5.56 Å². The number of amides is 2. The normalized spacial score (nSPS) is 9.88. The summed E-state index contributed by atoms with van der Waals surface area (Å²) in [5, 5.41) is 5.57. The fourth-order valence-corrected chi connectivity index (χ4v) is 1.53. The molecular weight excluding hydrogens is 214 g/mol. The van der Waals surface area contributed by atoms with Crippen LogP contribution in [0.15, 0.2) is 48.8 Å². The van der Waals surface area contributed by atoms with Crippen LogP contribution < -0.4 is 10.6 Å². The van der Waals surface area contributed by atoms with Crippen LogP contribution in [-0.2, 0) is 6.42 Å². The summed E-state index contributed by atoms with van der Waals surface area (Å²) in [6, 6.07) is 11.2. The number of H-pyrrole nitrogens is 1. The number of hydrogen-bond donors (Lipinski definition) is 3. The molecular formula is C13H15N3O. The van der Waals surface area contributed by atoms with Crippen molar-refractivity contribution in [1.29, 1.82) is 0 Å². The lowest BCUT2D eigenvalue weighted by Gasteiger charge is -2.06. The smallest absolute Gasteiger partial charge is 0.319 e. The Kier molecular flexibility index (Phi) is 3.81. The van der Waals surface area contributed by atoms with E-state index in [9.17, 15) is 4.79 Å². The zero-order valence-electron chi connectivity index (χ0n) is 9.44. The summed E-state index contributed by atoms with van der Waals surface area (Å²) in [4.78, 5) is 14.5. The monoisotopic (exact) mass is 229 g/mol. The highest BCUT2D eigenvalue weighted by atomic mass is 16.2. The van der Waals surface area contributed by atoms with Gasteiger partial charge in [-0.3, -0.25) is 0 Å². The van der Waals surface area contributed by atoms with Crippen molar-refractivity contribution in [2.45, 2.75) is 6.42 Å². The minimum atomic E-state index is -0.174. The number of carbonyl (C=O) groups excluding carboxylic acids is 1. The summed E-state index contributed by atoms with van der Waals surface area (Å²) in [7, 11) is 0. The minimum absolute atomic E-state index is 0.174. The first-order chi connectivity index (χ1) is 8.34. The molecule has 2 amide bonds. The van der Waals surface area contributed by atoms with Gasteiger partial charge in [0.2, 0.25) is 0 Å². The van der Waals surface area contributed by atoms with Crippen LogP contribution in [0.1, 0.15) is 5.56 Å². The zero-order chi connectivity index (χ0) is 11.9. The average Bonchev–Trinajstić information content (AvgIpc) is 2.83. The summed E-state index contributed by atoms with van der Waals surface area (Å²) < 4.78 is 0. The summed E-state index contributed by atoms with van der Waals surface area (Å²) in [5.74, 6) is 0. The van der Waals surface area contributed by atoms with Gasteiger partial charge in [-0.15, -0.1) is 0 Å². The molecule has 3 N–H and O–H groups in total. The van der Waals surface area contributed by atoms with Gasteiger partial charge in [-0.25, -0.2) is 4.79 Å². The van der Waals surface area contributed by atoms with Crippen molar-refractivity contribution < 1.29 is 4.79 Å². The molecule has 4 nitrogen and oxygen atoms in total. The summed E-state index contributed by atoms with van der Waals surface area (Å²) >= 11 is 0. The van der Waals surface area contributed by atoms with E-state index in [-0.39, 0.29) is 6.03 Å². The summed E-state index contributed by atoms with van der Waals surface area (Å²) in [6.07, 6.45) is 4.63. The Labute approximate surface area is 100 Å². The van der Waals surface area contributed by atoms with E-state index in [1.54, 1.807) is 0 Å². The Balaban J connectivity index is 1.71. The predicted octanol–water partition coefficient (Wildman–Crippen LogP) is 2.38. The molecule has 0 saturated heterocycles. The molecule has 88 valence electrons. The van der Waals surface area contributed by atoms with Gasteiger partial charge in [0.15, 0.2) is 0 Å². The third-order valence-electron chi connectivity index (χ3n) is 2.39. The minimum Gasteiger partial charge on any atom is -0.367 e. The van der Waals surface area contributed by atoms with Gasteiger partial charge in [0.25, 0.3) is 0 Å². The van der Waals surface area contributed by atoms with Crippen LogP contribution >= 0.6 is 0 Å². The number of aromatic nitrogens is 1. The number of nitrogens with one attached hydrogen (secondary N) is 3. The molecule has 0 atom stereocenters. The van der Waals surface area contributed by atoms with Crippen LogP contribution in [0.4, 0.5) is 10.5 Å². The average molecular weight is 229 g/mol. The number of para-hydroxylation sites is 1. The zero-order valence-corrected chi connectivity index (χ0v) is 9.44. The lowest BCUT2D eigenvalue weighted by atomic mass is 10.2. The van der Waals surface area contributed by atoms with Gasteiger partial charge < -0.3 is 15.6 Å². The van der Waals surface area contributed by atoms with E-state index in [1.807, 2.05) is 48.8 Å². The van der Waals surface area contributed by atoms with Gasteiger partial charge in [-0.2, -0.15) is 0 Å². The maximum atomic E-state index is 11.5. The van der Waals surface area contributed by atoms with Crippen LogP contribution in [0.3, 0.4) is 0 Å². The molecule has 0 unspecified atom stereocenters. The van der Waals surface area contributed by atoms with E-state index < -0.39 is 0 Å². The number of aromatic amines is 1. The number of rotatable bonds is 4. The maximum absolute atomic E-state index is 11.5. The first-order valence-electron chi connectivity index (χ1n) is 5.56. The molecule has 0 fully saturated rings. The number of carbonyl (C=O) groups is 1. The second-order valence-corrected chi connectivity index (χ2v) is 3.72. The van der Waals surface area contributed by atoms with Crippen LogP contribution in [-0.4, -0.2) is 17.6 Å². The van der Waals surface area contributed by atoms with Crippen molar-refractivity contribution in [3.05, 3.63) is 54.4 Å². The Hall–Kier alpha value is -2.23. The Bertz CT molecular complexity index is 451. The second kappa shape index (κ2) is 5.75. The van der Waals surface area contributed by atoms with E-state index >= 15 is 0 Å². The number of benzene rings is 1. The van der Waals surface area contributed by atoms with Crippen LogP contribution in [0.5, 0.6) is 0 Å². The van der Waals surface area contributed by atoms with E-state index in [4.69, 9.17) is 0 Å². The SMILES string of the molecule is O=C(NCCc1cc[nH]c1)Nc1ccccc1. The molecule has 0 aliphatic rings. The van der Waals surface area contributed by atoms with Crippen LogP contribution in [0.25, 0.3) is 0 Å². The third kappa shape index (κ3) is 3.68. The number of hydrogen-bond acceptors (Lipinski definition) is 1. The molecule has 1 aromatic carbocycles. The first kappa shape index (κ1) is 11.3. The van der Waals surface area contributed by atoms with Crippen molar-refractivity contribution in [2.24, 2.45) is 0 Å². The van der Waals surface area contributed by atoms with Gasteiger partial charge in [-0.05, 0) is 30.2 Å². The fourth-order valence-electron chi connectivity index (χ4n) is 1.53. The fraction of sp³-hybridized carbons (Fsp3) is 0.154. The van der Waals surface area contributed by atoms with Gasteiger partial charge >= 0.3 is 6.03 Å². The molecule has 1 aromatic heterocycles. The molecule has 0 aliphatic carbocycles. The number of anilines is 1. The van der Waals surface area contributed by atoms with Gasteiger partial charge in [0, 0.05) is 24.6 Å². The van der Waals surface area contributed by atoms with Crippen molar-refractivity contribution in [3.8, 4) is 0 Å². The maximum Gasteiger partial charge on any atom is 0.319 e. The molecule has 0 aliphatic heterocycles. The molecule has 0 spiro atoms. The van der Waals surface area contributed by atoms with Gasteiger partial charge in [0.05, 0.1) is 0 Å². The quantitative estimate of drug-likeness (QED) is 0.740. The van der Waals surface area contributed by atoms with Crippen LogP contribution in [0, 0.1) is 0 Å². The van der Waals surface area contributed by atoms with Gasteiger partial charge in [-0.1, -0.05) is 18.2 Å². The highest BCUT2D eigenvalue weighted by molar-refractivity contribution is 5.89. The lowest BCUT2D eigenvalue weighted by Crippen LogP contribution is -2.30. The second-order valence-electron chi connectivity index (χ2n) is 3.72.